The maximum absolute atomic E-state index is 11.7. The maximum atomic E-state index is 11.7. The van der Waals surface area contributed by atoms with Gasteiger partial charge in [0, 0.05) is 19.4 Å². The molecule has 0 aromatic heterocycles. The maximum Gasteiger partial charge on any atom is 0.234 e. The van der Waals surface area contributed by atoms with Crippen LogP contribution in [0.2, 0.25) is 0 Å². The number of hydrogen-bond donors (Lipinski definition) is 1. The van der Waals surface area contributed by atoms with E-state index in [0.29, 0.717) is 12.8 Å². The molecule has 0 radical (unpaired) electrons. The van der Waals surface area contributed by atoms with E-state index >= 15 is 0 Å². The number of benzene rings is 1. The highest BCUT2D eigenvalue weighted by Crippen LogP contribution is 2.35. The van der Waals surface area contributed by atoms with Gasteiger partial charge in [0.1, 0.15) is 0 Å². The fraction of sp³-hybridized carbons (Fsp3) is 0.333. The average Bonchev–Trinajstić information content (AvgIpc) is 2.86. The van der Waals surface area contributed by atoms with E-state index in [-0.39, 0.29) is 11.8 Å². The van der Waals surface area contributed by atoms with Gasteiger partial charge >= 0.3 is 0 Å². The predicted molar refractivity (Wildman–Crippen MR) is 60.4 cm³/mol. The van der Waals surface area contributed by atoms with Crippen LogP contribution in [0.1, 0.15) is 18.4 Å². The van der Waals surface area contributed by atoms with Gasteiger partial charge in [-0.2, -0.15) is 0 Å². The van der Waals surface area contributed by atoms with E-state index in [1.165, 1.54) is 10.5 Å². The standard InChI is InChI=1S/C12H12N2O2/c15-10-4-5-11(16)14(10)9-3-1-2-8-6-7-13-12(8)9/h1-3,13H,4-7H2. The third-order valence-electron chi connectivity index (χ3n) is 3.12. The number of fused-ring (bicyclic) bond motifs is 1. The van der Waals surface area contributed by atoms with Crippen LogP contribution in [0.4, 0.5) is 11.4 Å². The minimum Gasteiger partial charge on any atom is -0.383 e. The summed E-state index contributed by atoms with van der Waals surface area (Å²) in [5.41, 5.74) is 2.86. The highest BCUT2D eigenvalue weighted by atomic mass is 16.2. The van der Waals surface area contributed by atoms with Crippen LogP contribution in [-0.2, 0) is 16.0 Å². The van der Waals surface area contributed by atoms with Gasteiger partial charge in [-0.25, -0.2) is 4.90 Å². The minimum absolute atomic E-state index is 0.0906. The van der Waals surface area contributed by atoms with Crippen LogP contribution < -0.4 is 10.2 Å². The molecule has 16 heavy (non-hydrogen) atoms. The molecule has 82 valence electrons. The zero-order valence-corrected chi connectivity index (χ0v) is 8.82. The third-order valence-corrected chi connectivity index (χ3v) is 3.12. The van der Waals surface area contributed by atoms with Crippen molar-refractivity contribution in [3.63, 3.8) is 0 Å². The number of rotatable bonds is 1. The van der Waals surface area contributed by atoms with Gasteiger partial charge < -0.3 is 5.32 Å². The Morgan fingerprint density at radius 3 is 2.56 bits per heavy atom. The summed E-state index contributed by atoms with van der Waals surface area (Å²) in [6, 6.07) is 5.77. The summed E-state index contributed by atoms with van der Waals surface area (Å²) in [6.45, 7) is 0.878. The van der Waals surface area contributed by atoms with Crippen LogP contribution >= 0.6 is 0 Å². The number of amides is 2. The molecular weight excluding hydrogens is 204 g/mol. The number of anilines is 2. The Morgan fingerprint density at radius 1 is 1.06 bits per heavy atom. The van der Waals surface area contributed by atoms with Crippen molar-refractivity contribution in [2.75, 3.05) is 16.8 Å². The molecule has 1 N–H and O–H groups in total. The predicted octanol–water partition coefficient (Wildman–Crippen LogP) is 1.31. The summed E-state index contributed by atoms with van der Waals surface area (Å²) in [5, 5.41) is 3.24. The first-order valence-electron chi connectivity index (χ1n) is 5.49. The smallest absolute Gasteiger partial charge is 0.234 e. The largest absolute Gasteiger partial charge is 0.383 e. The van der Waals surface area contributed by atoms with E-state index in [4.69, 9.17) is 0 Å². The molecule has 1 aromatic carbocycles. The van der Waals surface area contributed by atoms with Gasteiger partial charge in [-0.15, -0.1) is 0 Å². The highest BCUT2D eigenvalue weighted by molar-refractivity contribution is 6.21. The van der Waals surface area contributed by atoms with E-state index in [1.54, 1.807) is 0 Å². The summed E-state index contributed by atoms with van der Waals surface area (Å²) in [7, 11) is 0. The first-order valence-corrected chi connectivity index (χ1v) is 5.49. The number of hydrogen-bond acceptors (Lipinski definition) is 3. The van der Waals surface area contributed by atoms with Crippen molar-refractivity contribution in [2.45, 2.75) is 19.3 Å². The zero-order chi connectivity index (χ0) is 11.1. The minimum atomic E-state index is -0.0906. The number of carbonyl (C=O) groups is 2. The Bertz CT molecular complexity index is 466. The molecule has 0 aliphatic carbocycles. The SMILES string of the molecule is O=C1CCC(=O)N1c1cccc2c1NCC2. The molecule has 2 aliphatic rings. The lowest BCUT2D eigenvalue weighted by Gasteiger charge is -2.17. The van der Waals surface area contributed by atoms with Gasteiger partial charge in [0.25, 0.3) is 0 Å². The molecule has 3 rings (SSSR count). The molecule has 1 saturated heterocycles. The van der Waals surface area contributed by atoms with Crippen molar-refractivity contribution in [3.05, 3.63) is 23.8 Å². The summed E-state index contributed by atoms with van der Waals surface area (Å²) < 4.78 is 0. The molecule has 4 nitrogen and oxygen atoms in total. The fourth-order valence-corrected chi connectivity index (χ4v) is 2.35. The quantitative estimate of drug-likeness (QED) is 0.720. The number of nitrogens with zero attached hydrogens (tertiary/aromatic N) is 1. The number of imide groups is 1. The first-order chi connectivity index (χ1) is 7.77. The normalized spacial score (nSPS) is 18.9. The van der Waals surface area contributed by atoms with Gasteiger partial charge in [0.15, 0.2) is 0 Å². The second-order valence-corrected chi connectivity index (χ2v) is 4.11. The van der Waals surface area contributed by atoms with E-state index in [9.17, 15) is 9.59 Å². The van der Waals surface area contributed by atoms with Gasteiger partial charge in [-0.05, 0) is 18.1 Å². The van der Waals surface area contributed by atoms with Gasteiger partial charge in [-0.1, -0.05) is 12.1 Å². The molecule has 0 unspecified atom stereocenters. The van der Waals surface area contributed by atoms with Gasteiger partial charge in [-0.3, -0.25) is 9.59 Å². The molecular formula is C12H12N2O2. The monoisotopic (exact) mass is 216 g/mol. The highest BCUT2D eigenvalue weighted by Gasteiger charge is 2.32. The molecule has 2 amide bonds. The molecule has 0 saturated carbocycles. The zero-order valence-electron chi connectivity index (χ0n) is 8.82. The van der Waals surface area contributed by atoms with E-state index < -0.39 is 0 Å². The van der Waals surface area contributed by atoms with Crippen molar-refractivity contribution in [2.24, 2.45) is 0 Å². The van der Waals surface area contributed by atoms with Crippen LogP contribution in [0.5, 0.6) is 0 Å². The van der Waals surface area contributed by atoms with Crippen LogP contribution in [0.3, 0.4) is 0 Å². The molecule has 0 bridgehead atoms. The summed E-state index contributed by atoms with van der Waals surface area (Å²) in [4.78, 5) is 24.6. The fourth-order valence-electron chi connectivity index (χ4n) is 2.35. The number of para-hydroxylation sites is 1. The van der Waals surface area contributed by atoms with Crippen molar-refractivity contribution in [3.8, 4) is 0 Å². The Kier molecular flexibility index (Phi) is 1.96. The second-order valence-electron chi connectivity index (χ2n) is 4.11. The Labute approximate surface area is 93.2 Å². The molecule has 2 heterocycles. The molecule has 0 atom stereocenters. The van der Waals surface area contributed by atoms with Crippen LogP contribution in [0.15, 0.2) is 18.2 Å². The molecule has 1 aromatic rings. The van der Waals surface area contributed by atoms with Crippen molar-refractivity contribution >= 4 is 23.2 Å². The lowest BCUT2D eigenvalue weighted by molar-refractivity contribution is -0.121. The van der Waals surface area contributed by atoms with E-state index in [0.717, 1.165) is 24.3 Å². The first kappa shape index (κ1) is 9.39. The molecule has 4 heteroatoms. The van der Waals surface area contributed by atoms with Crippen LogP contribution in [0.25, 0.3) is 0 Å². The summed E-state index contributed by atoms with van der Waals surface area (Å²) >= 11 is 0. The number of carbonyl (C=O) groups excluding carboxylic acids is 2. The third kappa shape index (κ3) is 1.23. The summed E-state index contributed by atoms with van der Waals surface area (Å²) in [5.74, 6) is -0.181. The summed E-state index contributed by atoms with van der Waals surface area (Å²) in [6.07, 6.45) is 1.63. The Balaban J connectivity index is 2.10. The second kappa shape index (κ2) is 3.33. The molecule has 0 spiro atoms. The van der Waals surface area contributed by atoms with E-state index in [1.807, 2.05) is 18.2 Å². The van der Waals surface area contributed by atoms with Crippen molar-refractivity contribution in [1.82, 2.24) is 0 Å². The van der Waals surface area contributed by atoms with Crippen LogP contribution in [0, 0.1) is 0 Å². The Hall–Kier alpha value is -1.84. The lowest BCUT2D eigenvalue weighted by atomic mass is 10.1. The molecule has 1 fully saturated rings. The van der Waals surface area contributed by atoms with Crippen molar-refractivity contribution in [1.29, 1.82) is 0 Å². The Morgan fingerprint density at radius 2 is 1.81 bits per heavy atom. The number of nitrogens with one attached hydrogen (secondary N) is 1. The lowest BCUT2D eigenvalue weighted by Crippen LogP contribution is -2.29. The topological polar surface area (TPSA) is 49.4 Å². The van der Waals surface area contributed by atoms with Crippen LogP contribution in [-0.4, -0.2) is 18.4 Å². The van der Waals surface area contributed by atoms with E-state index in [2.05, 4.69) is 5.32 Å². The van der Waals surface area contributed by atoms with Crippen molar-refractivity contribution < 1.29 is 9.59 Å². The molecule has 2 aliphatic heterocycles. The average molecular weight is 216 g/mol. The van der Waals surface area contributed by atoms with Gasteiger partial charge in [0.05, 0.1) is 11.4 Å². The van der Waals surface area contributed by atoms with Gasteiger partial charge in [0.2, 0.25) is 11.8 Å².